The van der Waals surface area contributed by atoms with Crippen LogP contribution in [0.1, 0.15) is 16.7 Å². The van der Waals surface area contributed by atoms with Crippen LogP contribution in [-0.4, -0.2) is 19.6 Å². The number of methoxy groups -OCH3 is 1. The number of aliphatic imine (C=N–C) groups is 1. The fourth-order valence-corrected chi connectivity index (χ4v) is 2.20. The molecule has 0 bridgehead atoms. The monoisotopic (exact) mass is 315 g/mol. The highest BCUT2D eigenvalue weighted by Gasteiger charge is 2.03. The smallest absolute Gasteiger partial charge is 0.188 e. The lowest BCUT2D eigenvalue weighted by Crippen LogP contribution is -2.33. The van der Waals surface area contributed by atoms with Gasteiger partial charge in [-0.3, -0.25) is 0 Å². The Morgan fingerprint density at radius 2 is 1.96 bits per heavy atom. The van der Waals surface area contributed by atoms with Gasteiger partial charge >= 0.3 is 0 Å². The van der Waals surface area contributed by atoms with Gasteiger partial charge in [0.1, 0.15) is 5.82 Å². The number of halogens is 1. The van der Waals surface area contributed by atoms with E-state index in [4.69, 9.17) is 10.5 Å². The SMILES string of the molecule is COCc1cc(CN=C(N)NCCc2ccccc2)ccc1F. The zero-order chi connectivity index (χ0) is 16.5. The van der Waals surface area contributed by atoms with Crippen molar-refractivity contribution < 1.29 is 9.13 Å². The first kappa shape index (κ1) is 17.0. The average molecular weight is 315 g/mol. The van der Waals surface area contributed by atoms with Gasteiger partial charge in [0.05, 0.1) is 13.2 Å². The van der Waals surface area contributed by atoms with E-state index in [0.717, 1.165) is 18.5 Å². The molecule has 0 aromatic heterocycles. The Hall–Kier alpha value is -2.40. The second-order valence-corrected chi connectivity index (χ2v) is 5.22. The second kappa shape index (κ2) is 8.90. The van der Waals surface area contributed by atoms with Crippen molar-refractivity contribution in [3.63, 3.8) is 0 Å². The Labute approximate surface area is 136 Å². The van der Waals surface area contributed by atoms with Crippen LogP contribution in [-0.2, 0) is 24.3 Å². The van der Waals surface area contributed by atoms with Crippen LogP contribution in [0.3, 0.4) is 0 Å². The highest BCUT2D eigenvalue weighted by molar-refractivity contribution is 5.77. The van der Waals surface area contributed by atoms with Crippen LogP contribution >= 0.6 is 0 Å². The summed E-state index contributed by atoms with van der Waals surface area (Å²) in [6.07, 6.45) is 0.881. The van der Waals surface area contributed by atoms with Gasteiger partial charge in [-0.25, -0.2) is 9.38 Å². The summed E-state index contributed by atoms with van der Waals surface area (Å²) in [4.78, 5) is 4.28. The van der Waals surface area contributed by atoms with Crippen molar-refractivity contribution in [2.24, 2.45) is 10.7 Å². The molecular formula is C18H22FN3O. The van der Waals surface area contributed by atoms with Crippen molar-refractivity contribution in [3.8, 4) is 0 Å². The number of ether oxygens (including phenoxy) is 1. The molecule has 0 atom stereocenters. The molecule has 0 spiro atoms. The van der Waals surface area contributed by atoms with Crippen LogP contribution in [0.4, 0.5) is 4.39 Å². The molecule has 122 valence electrons. The standard InChI is InChI=1S/C18H22FN3O/c1-23-13-16-11-15(7-8-17(16)19)12-22-18(20)21-10-9-14-5-3-2-4-6-14/h2-8,11H,9-10,12-13H2,1H3,(H3,20,21,22). The highest BCUT2D eigenvalue weighted by Crippen LogP contribution is 2.12. The molecule has 0 amide bonds. The van der Waals surface area contributed by atoms with Gasteiger partial charge in [-0.2, -0.15) is 0 Å². The third kappa shape index (κ3) is 5.71. The maximum absolute atomic E-state index is 13.5. The van der Waals surface area contributed by atoms with Crippen LogP contribution in [0, 0.1) is 5.82 Å². The lowest BCUT2D eigenvalue weighted by Gasteiger charge is -2.07. The van der Waals surface area contributed by atoms with E-state index in [2.05, 4.69) is 22.4 Å². The first-order chi connectivity index (χ1) is 11.2. The molecule has 0 saturated heterocycles. The molecule has 0 radical (unpaired) electrons. The number of benzene rings is 2. The molecule has 2 aromatic carbocycles. The van der Waals surface area contributed by atoms with E-state index in [-0.39, 0.29) is 12.4 Å². The molecule has 0 heterocycles. The van der Waals surface area contributed by atoms with E-state index in [1.165, 1.54) is 11.6 Å². The lowest BCUT2D eigenvalue weighted by molar-refractivity contribution is 0.181. The van der Waals surface area contributed by atoms with Crippen LogP contribution < -0.4 is 11.1 Å². The van der Waals surface area contributed by atoms with Gasteiger partial charge in [-0.15, -0.1) is 0 Å². The van der Waals surface area contributed by atoms with Gasteiger partial charge in [-0.1, -0.05) is 36.4 Å². The van der Waals surface area contributed by atoms with Crippen molar-refractivity contribution in [1.82, 2.24) is 5.32 Å². The highest BCUT2D eigenvalue weighted by atomic mass is 19.1. The molecule has 4 nitrogen and oxygen atoms in total. The number of hydrogen-bond acceptors (Lipinski definition) is 2. The largest absolute Gasteiger partial charge is 0.380 e. The average Bonchev–Trinajstić information content (AvgIpc) is 2.57. The summed E-state index contributed by atoms with van der Waals surface area (Å²) in [6, 6.07) is 15.0. The van der Waals surface area contributed by atoms with Gasteiger partial charge in [-0.05, 0) is 29.7 Å². The Morgan fingerprint density at radius 3 is 2.70 bits per heavy atom. The zero-order valence-electron chi connectivity index (χ0n) is 13.3. The Balaban J connectivity index is 1.83. The minimum absolute atomic E-state index is 0.244. The van der Waals surface area contributed by atoms with Crippen molar-refractivity contribution in [1.29, 1.82) is 0 Å². The van der Waals surface area contributed by atoms with Crippen molar-refractivity contribution >= 4 is 5.96 Å². The van der Waals surface area contributed by atoms with Gasteiger partial charge in [0.15, 0.2) is 5.96 Å². The third-order valence-electron chi connectivity index (χ3n) is 3.40. The molecule has 2 rings (SSSR count). The maximum Gasteiger partial charge on any atom is 0.188 e. The fourth-order valence-electron chi connectivity index (χ4n) is 2.20. The number of hydrogen-bond donors (Lipinski definition) is 2. The normalized spacial score (nSPS) is 11.5. The summed E-state index contributed by atoms with van der Waals surface area (Å²) in [5.41, 5.74) is 8.52. The van der Waals surface area contributed by atoms with Crippen LogP contribution in [0.2, 0.25) is 0 Å². The molecule has 2 aromatic rings. The third-order valence-corrected chi connectivity index (χ3v) is 3.40. The van der Waals surface area contributed by atoms with Crippen molar-refractivity contribution in [2.45, 2.75) is 19.6 Å². The molecule has 0 fully saturated rings. The second-order valence-electron chi connectivity index (χ2n) is 5.22. The number of nitrogens with zero attached hydrogens (tertiary/aromatic N) is 1. The minimum atomic E-state index is -0.270. The van der Waals surface area contributed by atoms with E-state index in [0.29, 0.717) is 18.1 Å². The van der Waals surface area contributed by atoms with Gasteiger partial charge in [0, 0.05) is 19.2 Å². The summed E-state index contributed by atoms with van der Waals surface area (Å²) in [5.74, 6) is 0.118. The fraction of sp³-hybridized carbons (Fsp3) is 0.278. The molecule has 3 N–H and O–H groups in total. The van der Waals surface area contributed by atoms with Crippen molar-refractivity contribution in [3.05, 3.63) is 71.0 Å². The van der Waals surface area contributed by atoms with E-state index in [1.54, 1.807) is 19.2 Å². The van der Waals surface area contributed by atoms with E-state index >= 15 is 0 Å². The maximum atomic E-state index is 13.5. The molecular weight excluding hydrogens is 293 g/mol. The van der Waals surface area contributed by atoms with Crippen LogP contribution in [0.25, 0.3) is 0 Å². The van der Waals surface area contributed by atoms with Gasteiger partial charge in [0.2, 0.25) is 0 Å². The molecule has 0 aliphatic heterocycles. The van der Waals surface area contributed by atoms with E-state index in [9.17, 15) is 4.39 Å². The van der Waals surface area contributed by atoms with Gasteiger partial charge < -0.3 is 15.8 Å². The molecule has 5 heteroatoms. The van der Waals surface area contributed by atoms with Crippen molar-refractivity contribution in [2.75, 3.05) is 13.7 Å². The molecule has 0 saturated carbocycles. The summed E-state index contributed by atoms with van der Waals surface area (Å²) < 4.78 is 18.5. The molecule has 23 heavy (non-hydrogen) atoms. The molecule has 0 aliphatic carbocycles. The summed E-state index contributed by atoms with van der Waals surface area (Å²) >= 11 is 0. The number of rotatable bonds is 7. The predicted octanol–water partition coefficient (Wildman–Crippen LogP) is 2.62. The minimum Gasteiger partial charge on any atom is -0.380 e. The summed E-state index contributed by atoms with van der Waals surface area (Å²) in [6.45, 7) is 1.37. The molecule has 0 unspecified atom stereocenters. The topological polar surface area (TPSA) is 59.6 Å². The first-order valence-corrected chi connectivity index (χ1v) is 7.53. The summed E-state index contributed by atoms with van der Waals surface area (Å²) in [7, 11) is 1.54. The summed E-state index contributed by atoms with van der Waals surface area (Å²) in [5, 5.41) is 3.08. The molecule has 0 aliphatic rings. The number of nitrogens with two attached hydrogens (primary N) is 1. The van der Waals surface area contributed by atoms with Crippen LogP contribution in [0.5, 0.6) is 0 Å². The van der Waals surface area contributed by atoms with Crippen LogP contribution in [0.15, 0.2) is 53.5 Å². The number of guanidine groups is 1. The zero-order valence-corrected chi connectivity index (χ0v) is 13.3. The Kier molecular flexibility index (Phi) is 6.56. The van der Waals surface area contributed by atoms with E-state index in [1.807, 2.05) is 18.2 Å². The van der Waals surface area contributed by atoms with E-state index < -0.39 is 0 Å². The first-order valence-electron chi connectivity index (χ1n) is 7.53. The predicted molar refractivity (Wildman–Crippen MR) is 90.6 cm³/mol. The Morgan fingerprint density at radius 1 is 1.17 bits per heavy atom. The number of nitrogens with one attached hydrogen (secondary N) is 1. The lowest BCUT2D eigenvalue weighted by atomic mass is 10.1. The Bertz CT molecular complexity index is 644. The quantitative estimate of drug-likeness (QED) is 0.610. The van der Waals surface area contributed by atoms with Gasteiger partial charge in [0.25, 0.3) is 0 Å².